The lowest BCUT2D eigenvalue weighted by Gasteiger charge is -2.08. The summed E-state index contributed by atoms with van der Waals surface area (Å²) in [7, 11) is 0. The zero-order chi connectivity index (χ0) is 16.5. The summed E-state index contributed by atoms with van der Waals surface area (Å²) in [6.45, 7) is 2.06. The van der Waals surface area contributed by atoms with Crippen LogP contribution in [0.2, 0.25) is 5.02 Å². The van der Waals surface area contributed by atoms with Crippen molar-refractivity contribution in [2.75, 3.05) is 0 Å². The van der Waals surface area contributed by atoms with Gasteiger partial charge in [-0.15, -0.1) is 0 Å². The predicted molar refractivity (Wildman–Crippen MR) is 98.0 cm³/mol. The molecule has 116 valence electrons. The van der Waals surface area contributed by atoms with Crippen LogP contribution in [0.5, 0.6) is 0 Å². The average Bonchev–Trinajstić information content (AvgIpc) is 2.62. The van der Waals surface area contributed by atoms with Gasteiger partial charge in [0.25, 0.3) is 0 Å². The molecular weight excluding hydrogens is 318 g/mol. The summed E-state index contributed by atoms with van der Waals surface area (Å²) in [5.41, 5.74) is 4.72. The fourth-order valence-corrected chi connectivity index (χ4v) is 2.83. The number of rotatable bonds is 2. The van der Waals surface area contributed by atoms with Crippen molar-refractivity contribution in [2.24, 2.45) is 0 Å². The van der Waals surface area contributed by atoms with E-state index in [2.05, 4.69) is 35.1 Å². The summed E-state index contributed by atoms with van der Waals surface area (Å²) in [5, 5.41) is 1.62. The van der Waals surface area contributed by atoms with Crippen molar-refractivity contribution in [3.8, 4) is 22.8 Å². The number of aryl methyl sites for hydroxylation is 1. The average molecular weight is 332 g/mol. The van der Waals surface area contributed by atoms with Crippen molar-refractivity contribution in [1.82, 2.24) is 15.0 Å². The number of hydrogen-bond acceptors (Lipinski definition) is 3. The highest BCUT2D eigenvalue weighted by Gasteiger charge is 2.09. The van der Waals surface area contributed by atoms with Gasteiger partial charge in [0, 0.05) is 22.2 Å². The molecule has 0 bridgehead atoms. The van der Waals surface area contributed by atoms with Crippen LogP contribution in [0, 0.1) is 6.92 Å². The van der Waals surface area contributed by atoms with Crippen LogP contribution in [0.4, 0.5) is 0 Å². The van der Waals surface area contributed by atoms with E-state index in [0.29, 0.717) is 10.8 Å². The number of benzene rings is 2. The van der Waals surface area contributed by atoms with Gasteiger partial charge in [-0.05, 0) is 36.8 Å². The smallest absolute Gasteiger partial charge is 0.178 e. The highest BCUT2D eigenvalue weighted by molar-refractivity contribution is 6.31. The first kappa shape index (κ1) is 14.8. The Kier molecular flexibility index (Phi) is 3.71. The minimum absolute atomic E-state index is 0.599. The summed E-state index contributed by atoms with van der Waals surface area (Å²) < 4.78 is 0. The van der Waals surface area contributed by atoms with Gasteiger partial charge in [-0.3, -0.25) is 0 Å². The molecule has 0 atom stereocenters. The molecule has 4 heteroatoms. The lowest BCUT2D eigenvalue weighted by atomic mass is 10.1. The molecule has 0 saturated carbocycles. The Bertz CT molecular complexity index is 1030. The summed E-state index contributed by atoms with van der Waals surface area (Å²) in [5.74, 6) is 0.599. The van der Waals surface area contributed by atoms with E-state index in [0.717, 1.165) is 33.4 Å². The third-order valence-corrected chi connectivity index (χ3v) is 4.15. The van der Waals surface area contributed by atoms with E-state index in [4.69, 9.17) is 16.6 Å². The van der Waals surface area contributed by atoms with Crippen molar-refractivity contribution in [2.45, 2.75) is 6.92 Å². The summed E-state index contributed by atoms with van der Waals surface area (Å²) in [4.78, 5) is 13.9. The maximum absolute atomic E-state index is 6.07. The molecule has 0 amide bonds. The van der Waals surface area contributed by atoms with Crippen molar-refractivity contribution in [3.05, 3.63) is 77.4 Å². The maximum atomic E-state index is 6.07. The molecular formula is C20H14ClN3. The van der Waals surface area contributed by atoms with Crippen LogP contribution in [-0.2, 0) is 0 Å². The molecule has 0 aliphatic rings. The van der Waals surface area contributed by atoms with Crippen molar-refractivity contribution in [3.63, 3.8) is 0 Å². The van der Waals surface area contributed by atoms with Gasteiger partial charge in [-0.1, -0.05) is 48.0 Å². The Morgan fingerprint density at radius 3 is 2.54 bits per heavy atom. The zero-order valence-electron chi connectivity index (χ0n) is 13.1. The van der Waals surface area contributed by atoms with Crippen molar-refractivity contribution in [1.29, 1.82) is 0 Å². The van der Waals surface area contributed by atoms with Crippen LogP contribution in [0.15, 0.2) is 66.9 Å². The molecule has 2 heterocycles. The second-order valence-electron chi connectivity index (χ2n) is 5.62. The third kappa shape index (κ3) is 2.74. The molecule has 2 aromatic heterocycles. The topological polar surface area (TPSA) is 38.7 Å². The number of aromatic nitrogens is 3. The van der Waals surface area contributed by atoms with E-state index in [9.17, 15) is 0 Å². The van der Waals surface area contributed by atoms with E-state index in [1.165, 1.54) is 0 Å². The fourth-order valence-electron chi connectivity index (χ4n) is 2.66. The van der Waals surface area contributed by atoms with Gasteiger partial charge in [0.2, 0.25) is 0 Å². The fraction of sp³-hybridized carbons (Fsp3) is 0.0500. The summed E-state index contributed by atoms with van der Waals surface area (Å²) >= 11 is 6.07. The van der Waals surface area contributed by atoms with Crippen LogP contribution < -0.4 is 0 Å². The van der Waals surface area contributed by atoms with Crippen LogP contribution in [0.1, 0.15) is 5.56 Å². The molecule has 4 aromatic rings. The summed E-state index contributed by atoms with van der Waals surface area (Å²) in [6.07, 6.45) is 1.80. The number of nitrogens with zero attached hydrogens (tertiary/aromatic N) is 3. The largest absolute Gasteiger partial charge is 0.244 e. The molecule has 0 N–H and O–H groups in total. The number of halogens is 1. The Morgan fingerprint density at radius 2 is 1.71 bits per heavy atom. The van der Waals surface area contributed by atoms with Crippen LogP contribution in [0.25, 0.3) is 33.7 Å². The minimum atomic E-state index is 0.599. The molecule has 0 spiro atoms. The highest BCUT2D eigenvalue weighted by atomic mass is 35.5. The second kappa shape index (κ2) is 6.02. The number of hydrogen-bond donors (Lipinski definition) is 0. The Hall–Kier alpha value is -2.78. The lowest BCUT2D eigenvalue weighted by molar-refractivity contribution is 1.17. The molecule has 24 heavy (non-hydrogen) atoms. The highest BCUT2D eigenvalue weighted by Crippen LogP contribution is 2.25. The Balaban J connectivity index is 1.85. The van der Waals surface area contributed by atoms with Crippen LogP contribution in [0.3, 0.4) is 0 Å². The van der Waals surface area contributed by atoms with Gasteiger partial charge in [-0.25, -0.2) is 15.0 Å². The lowest BCUT2D eigenvalue weighted by Crippen LogP contribution is -1.96. The van der Waals surface area contributed by atoms with Gasteiger partial charge in [0.05, 0.1) is 11.2 Å². The van der Waals surface area contributed by atoms with E-state index < -0.39 is 0 Å². The van der Waals surface area contributed by atoms with E-state index >= 15 is 0 Å². The first-order valence-corrected chi connectivity index (χ1v) is 8.04. The molecule has 0 saturated heterocycles. The second-order valence-corrected chi connectivity index (χ2v) is 6.06. The first-order chi connectivity index (χ1) is 11.7. The van der Waals surface area contributed by atoms with Gasteiger partial charge < -0.3 is 0 Å². The van der Waals surface area contributed by atoms with Crippen molar-refractivity contribution >= 4 is 22.5 Å². The molecule has 4 rings (SSSR count). The monoisotopic (exact) mass is 331 g/mol. The minimum Gasteiger partial charge on any atom is -0.244 e. The quantitative estimate of drug-likeness (QED) is 0.499. The molecule has 0 radical (unpaired) electrons. The molecule has 3 nitrogen and oxygen atoms in total. The molecule has 2 aromatic carbocycles. The number of fused-ring (bicyclic) bond motifs is 1. The molecule has 0 unspecified atom stereocenters. The van der Waals surface area contributed by atoms with Gasteiger partial charge in [-0.2, -0.15) is 0 Å². The Labute approximate surface area is 145 Å². The molecule has 0 aliphatic carbocycles. The van der Waals surface area contributed by atoms with Crippen LogP contribution >= 0.6 is 11.6 Å². The van der Waals surface area contributed by atoms with Crippen molar-refractivity contribution < 1.29 is 0 Å². The van der Waals surface area contributed by atoms with Crippen LogP contribution in [-0.4, -0.2) is 15.0 Å². The third-order valence-electron chi connectivity index (χ3n) is 3.92. The standard InChI is InChI=1S/C20H14ClN3/c1-13-7-10-17(23-19(13)14-5-3-2-4-6-14)20-22-12-15-8-9-16(21)11-18(15)24-20/h2-12H,1H3. The van der Waals surface area contributed by atoms with E-state index in [1.54, 1.807) is 6.20 Å². The normalized spacial score (nSPS) is 10.9. The number of pyridine rings is 1. The molecule has 0 fully saturated rings. The molecule has 0 aliphatic heterocycles. The van der Waals surface area contributed by atoms with E-state index in [1.807, 2.05) is 42.5 Å². The first-order valence-electron chi connectivity index (χ1n) is 7.66. The SMILES string of the molecule is Cc1ccc(-c2ncc3ccc(Cl)cc3n2)nc1-c1ccccc1. The van der Waals surface area contributed by atoms with Gasteiger partial charge in [0.1, 0.15) is 5.69 Å². The van der Waals surface area contributed by atoms with Gasteiger partial charge >= 0.3 is 0 Å². The van der Waals surface area contributed by atoms with Gasteiger partial charge in [0.15, 0.2) is 5.82 Å². The predicted octanol–water partition coefficient (Wildman–Crippen LogP) is 5.32. The maximum Gasteiger partial charge on any atom is 0.178 e. The summed E-state index contributed by atoms with van der Waals surface area (Å²) in [6, 6.07) is 19.7. The van der Waals surface area contributed by atoms with E-state index in [-0.39, 0.29) is 0 Å². The zero-order valence-corrected chi connectivity index (χ0v) is 13.8. The Morgan fingerprint density at radius 1 is 0.875 bits per heavy atom.